The molecule has 1 aliphatic heterocycles. The number of carboxylic acids is 1. The third-order valence-electron chi connectivity index (χ3n) is 5.31. The molecule has 4 amide bonds. The van der Waals surface area contributed by atoms with Crippen LogP contribution in [0, 0.1) is 5.92 Å². The molecule has 1 aromatic heterocycles. The number of carbonyl (C=O) groups is 5. The first kappa shape index (κ1) is 25.8. The summed E-state index contributed by atoms with van der Waals surface area (Å²) in [7, 11) is 0. The number of nitrogens with zero attached hydrogens (tertiary/aromatic N) is 2. The second kappa shape index (κ2) is 11.9. The summed E-state index contributed by atoms with van der Waals surface area (Å²) in [6, 6.07) is -2.84. The summed E-state index contributed by atoms with van der Waals surface area (Å²) in [5, 5.41) is 16.8. The molecule has 0 radical (unpaired) electrons. The Hall–Kier alpha value is -3.48. The zero-order chi connectivity index (χ0) is 24.5. The molecule has 1 aromatic rings. The molecule has 2 rings (SSSR count). The molecular weight excluding hydrogens is 434 g/mol. The normalized spacial score (nSPS) is 17.3. The summed E-state index contributed by atoms with van der Waals surface area (Å²) in [4.78, 5) is 69.0. The highest BCUT2D eigenvalue weighted by Gasteiger charge is 2.38. The molecule has 0 bridgehead atoms. The number of aromatic amines is 1. The summed E-state index contributed by atoms with van der Waals surface area (Å²) in [5.74, 6) is -3.62. The number of hydrogen-bond donors (Lipinski definition) is 6. The number of amides is 4. The predicted molar refractivity (Wildman–Crippen MR) is 115 cm³/mol. The van der Waals surface area contributed by atoms with E-state index in [1.807, 2.05) is 0 Å². The van der Waals surface area contributed by atoms with Gasteiger partial charge in [-0.15, -0.1) is 0 Å². The largest absolute Gasteiger partial charge is 0.480 e. The van der Waals surface area contributed by atoms with E-state index in [1.165, 1.54) is 17.4 Å². The van der Waals surface area contributed by atoms with Crippen molar-refractivity contribution in [3.63, 3.8) is 0 Å². The van der Waals surface area contributed by atoms with Crippen LogP contribution in [0.4, 0.5) is 0 Å². The van der Waals surface area contributed by atoms with Crippen molar-refractivity contribution in [3.8, 4) is 0 Å². The van der Waals surface area contributed by atoms with Gasteiger partial charge in [0, 0.05) is 24.9 Å². The number of imidazole rings is 1. The zero-order valence-corrected chi connectivity index (χ0v) is 18.7. The Kier molecular flexibility index (Phi) is 9.33. The molecule has 1 saturated heterocycles. The van der Waals surface area contributed by atoms with E-state index in [2.05, 4.69) is 25.9 Å². The van der Waals surface area contributed by atoms with Crippen LogP contribution < -0.4 is 21.7 Å². The summed E-state index contributed by atoms with van der Waals surface area (Å²) in [6.45, 7) is 3.03. The molecule has 182 valence electrons. The third kappa shape index (κ3) is 7.27. The maximum absolute atomic E-state index is 12.9. The minimum absolute atomic E-state index is 0.109. The standard InChI is InChI=1S/C20H31N7O6/c1-11(2)17(19(31)27-5-3-4-14(27)20(32)33)26-16(29)9-23-18(30)13(25-15(28)7-21)6-12-8-22-10-24-12/h8,10-11,13-14,17H,3-7,9,21H2,1-2H3,(H,22,24)(H,23,30)(H,25,28)(H,26,29)(H,32,33)/t13-,14-,17-/m0/s1. The van der Waals surface area contributed by atoms with Crippen LogP contribution in [0.25, 0.3) is 0 Å². The SMILES string of the molecule is CC(C)[C@H](NC(=O)CNC(=O)[C@H](Cc1cnc[nH]1)NC(=O)CN)C(=O)N1CCC[C@H]1C(=O)O. The van der Waals surface area contributed by atoms with Crippen LogP contribution in [0.3, 0.4) is 0 Å². The van der Waals surface area contributed by atoms with Gasteiger partial charge in [-0.05, 0) is 18.8 Å². The molecule has 3 atom stereocenters. The highest BCUT2D eigenvalue weighted by molar-refractivity contribution is 5.94. The third-order valence-corrected chi connectivity index (χ3v) is 5.31. The van der Waals surface area contributed by atoms with Gasteiger partial charge in [0.1, 0.15) is 18.1 Å². The summed E-state index contributed by atoms with van der Waals surface area (Å²) >= 11 is 0. The molecular formula is C20H31N7O6. The van der Waals surface area contributed by atoms with Gasteiger partial charge >= 0.3 is 5.97 Å². The van der Waals surface area contributed by atoms with Crippen molar-refractivity contribution in [2.75, 3.05) is 19.6 Å². The van der Waals surface area contributed by atoms with Crippen LogP contribution in [-0.2, 0) is 30.4 Å². The second-order valence-electron chi connectivity index (χ2n) is 8.14. The van der Waals surface area contributed by atoms with Crippen molar-refractivity contribution >= 4 is 29.6 Å². The molecule has 0 aromatic carbocycles. The van der Waals surface area contributed by atoms with E-state index in [1.54, 1.807) is 13.8 Å². The van der Waals surface area contributed by atoms with Gasteiger partial charge in [0.05, 0.1) is 19.4 Å². The first-order chi connectivity index (χ1) is 15.6. The lowest BCUT2D eigenvalue weighted by atomic mass is 10.0. The van der Waals surface area contributed by atoms with Crippen LogP contribution in [0.15, 0.2) is 12.5 Å². The Morgan fingerprint density at radius 1 is 1.24 bits per heavy atom. The average molecular weight is 466 g/mol. The second-order valence-corrected chi connectivity index (χ2v) is 8.14. The molecule has 13 heteroatoms. The number of carbonyl (C=O) groups excluding carboxylic acids is 4. The van der Waals surface area contributed by atoms with Crippen LogP contribution in [0.5, 0.6) is 0 Å². The predicted octanol–water partition coefficient (Wildman–Crippen LogP) is -2.27. The molecule has 0 unspecified atom stereocenters. The smallest absolute Gasteiger partial charge is 0.326 e. The van der Waals surface area contributed by atoms with Crippen LogP contribution in [0.2, 0.25) is 0 Å². The molecule has 2 heterocycles. The van der Waals surface area contributed by atoms with E-state index in [4.69, 9.17) is 5.73 Å². The van der Waals surface area contributed by atoms with Crippen molar-refractivity contribution in [2.24, 2.45) is 11.7 Å². The van der Waals surface area contributed by atoms with Gasteiger partial charge in [-0.1, -0.05) is 13.8 Å². The number of nitrogens with one attached hydrogen (secondary N) is 4. The number of nitrogens with two attached hydrogens (primary N) is 1. The van der Waals surface area contributed by atoms with Gasteiger partial charge in [0.15, 0.2) is 0 Å². The average Bonchev–Trinajstić information content (AvgIpc) is 3.46. The first-order valence-electron chi connectivity index (χ1n) is 10.7. The summed E-state index contributed by atoms with van der Waals surface area (Å²) in [5.41, 5.74) is 5.91. The van der Waals surface area contributed by atoms with Crippen molar-refractivity contribution in [1.29, 1.82) is 0 Å². The quantitative estimate of drug-likeness (QED) is 0.210. The van der Waals surface area contributed by atoms with Gasteiger partial charge in [-0.2, -0.15) is 0 Å². The lowest BCUT2D eigenvalue weighted by Gasteiger charge is -2.29. The van der Waals surface area contributed by atoms with Gasteiger partial charge in [-0.25, -0.2) is 9.78 Å². The van der Waals surface area contributed by atoms with E-state index in [0.717, 1.165) is 0 Å². The monoisotopic (exact) mass is 465 g/mol. The van der Waals surface area contributed by atoms with E-state index in [9.17, 15) is 29.1 Å². The molecule has 1 fully saturated rings. The molecule has 0 saturated carbocycles. The van der Waals surface area contributed by atoms with Gasteiger partial charge < -0.3 is 36.7 Å². The fraction of sp³-hybridized carbons (Fsp3) is 0.600. The van der Waals surface area contributed by atoms with Crippen molar-refractivity contribution in [2.45, 2.75) is 51.2 Å². The zero-order valence-electron chi connectivity index (χ0n) is 18.7. The van der Waals surface area contributed by atoms with Crippen molar-refractivity contribution < 1.29 is 29.1 Å². The van der Waals surface area contributed by atoms with Crippen LogP contribution in [0.1, 0.15) is 32.4 Å². The van der Waals surface area contributed by atoms with Gasteiger partial charge in [-0.3, -0.25) is 19.2 Å². The van der Waals surface area contributed by atoms with E-state index in [-0.39, 0.29) is 18.9 Å². The van der Waals surface area contributed by atoms with Gasteiger partial charge in [0.2, 0.25) is 23.6 Å². The number of H-pyrrole nitrogens is 1. The maximum atomic E-state index is 12.9. The Labute approximate surface area is 190 Å². The number of carboxylic acid groups (broad SMARTS) is 1. The lowest BCUT2D eigenvalue weighted by molar-refractivity contribution is -0.150. The fourth-order valence-electron chi connectivity index (χ4n) is 3.57. The minimum atomic E-state index is -1.08. The van der Waals surface area contributed by atoms with Crippen LogP contribution >= 0.6 is 0 Å². The molecule has 0 aliphatic carbocycles. The number of hydrogen-bond acceptors (Lipinski definition) is 7. The summed E-state index contributed by atoms with van der Waals surface area (Å²) in [6.07, 6.45) is 3.98. The van der Waals surface area contributed by atoms with Crippen LogP contribution in [-0.4, -0.2) is 87.3 Å². The fourth-order valence-corrected chi connectivity index (χ4v) is 3.57. The minimum Gasteiger partial charge on any atom is -0.480 e. The summed E-state index contributed by atoms with van der Waals surface area (Å²) < 4.78 is 0. The van der Waals surface area contributed by atoms with E-state index >= 15 is 0 Å². The molecule has 0 spiro atoms. The van der Waals surface area contributed by atoms with Crippen molar-refractivity contribution in [1.82, 2.24) is 30.8 Å². The molecule has 33 heavy (non-hydrogen) atoms. The Balaban J connectivity index is 1.97. The van der Waals surface area contributed by atoms with E-state index in [0.29, 0.717) is 25.1 Å². The van der Waals surface area contributed by atoms with Gasteiger partial charge in [0.25, 0.3) is 0 Å². The molecule has 7 N–H and O–H groups in total. The maximum Gasteiger partial charge on any atom is 0.326 e. The van der Waals surface area contributed by atoms with E-state index < -0.39 is 54.3 Å². The Morgan fingerprint density at radius 2 is 1.97 bits per heavy atom. The highest BCUT2D eigenvalue weighted by atomic mass is 16.4. The highest BCUT2D eigenvalue weighted by Crippen LogP contribution is 2.20. The topological polar surface area (TPSA) is 200 Å². The number of aliphatic carboxylic acids is 1. The number of likely N-dealkylation sites (tertiary alicyclic amines) is 1. The first-order valence-corrected chi connectivity index (χ1v) is 10.7. The number of rotatable bonds is 11. The Bertz CT molecular complexity index is 857. The lowest BCUT2D eigenvalue weighted by Crippen LogP contribution is -2.56. The molecule has 1 aliphatic rings. The number of aromatic nitrogens is 2. The molecule has 13 nitrogen and oxygen atoms in total. The van der Waals surface area contributed by atoms with Crippen molar-refractivity contribution in [3.05, 3.63) is 18.2 Å². The Morgan fingerprint density at radius 3 is 2.55 bits per heavy atom.